The van der Waals surface area contributed by atoms with Gasteiger partial charge in [-0.1, -0.05) is 24.3 Å². The molecule has 2 aromatic rings. The van der Waals surface area contributed by atoms with E-state index in [1.165, 1.54) is 11.1 Å². The zero-order valence-corrected chi connectivity index (χ0v) is 15.6. The van der Waals surface area contributed by atoms with E-state index in [2.05, 4.69) is 47.2 Å². The molecule has 0 N–H and O–H groups in total. The van der Waals surface area contributed by atoms with Crippen molar-refractivity contribution >= 4 is 25.3 Å². The minimum atomic E-state index is 0.195. The number of hydrogen-bond donors (Lipinski definition) is 0. The van der Waals surface area contributed by atoms with E-state index in [1.807, 2.05) is 33.1 Å². The van der Waals surface area contributed by atoms with E-state index in [0.717, 1.165) is 48.5 Å². The molecule has 0 saturated carbocycles. The molecule has 130 valence electrons. The highest BCUT2D eigenvalue weighted by Crippen LogP contribution is 2.25. The maximum Gasteiger partial charge on any atom is 0.207 e. The van der Waals surface area contributed by atoms with Crippen molar-refractivity contribution in [3.8, 4) is 5.88 Å². The van der Waals surface area contributed by atoms with Crippen molar-refractivity contribution in [2.45, 2.75) is 39.2 Å². The molecule has 1 heterocycles. The largest absolute Gasteiger partial charge is 0.474 e. The Balaban J connectivity index is 1.73. The van der Waals surface area contributed by atoms with Crippen molar-refractivity contribution < 1.29 is 4.74 Å². The number of hydrogen-bond acceptors (Lipinski definition) is 3. The van der Waals surface area contributed by atoms with Gasteiger partial charge >= 0.3 is 0 Å². The Morgan fingerprint density at radius 2 is 2.12 bits per heavy atom. The quantitative estimate of drug-likeness (QED) is 0.478. The van der Waals surface area contributed by atoms with Crippen LogP contribution in [-0.2, 0) is 12.8 Å². The average Bonchev–Trinajstić information content (AvgIpc) is 2.63. The summed E-state index contributed by atoms with van der Waals surface area (Å²) in [5, 5.41) is 0. The lowest BCUT2D eigenvalue weighted by Gasteiger charge is -2.26. The van der Waals surface area contributed by atoms with E-state index in [4.69, 9.17) is 4.74 Å². The van der Waals surface area contributed by atoms with Crippen LogP contribution >= 0.6 is 0 Å². The Labute approximate surface area is 151 Å². The van der Waals surface area contributed by atoms with Gasteiger partial charge in [0.2, 0.25) is 5.88 Å². The number of benzene rings is 1. The smallest absolute Gasteiger partial charge is 0.207 e. The minimum absolute atomic E-state index is 0.195. The molecule has 0 fully saturated rings. The van der Waals surface area contributed by atoms with Crippen LogP contribution in [0.5, 0.6) is 5.88 Å². The zero-order chi connectivity index (χ0) is 17.8. The second-order valence-electron chi connectivity index (χ2n) is 6.78. The molecule has 0 aliphatic heterocycles. The molecule has 0 amide bonds. The van der Waals surface area contributed by atoms with Gasteiger partial charge in [-0.25, -0.2) is 9.98 Å². The van der Waals surface area contributed by atoms with Crippen molar-refractivity contribution in [3.05, 3.63) is 47.2 Å². The third kappa shape index (κ3) is 4.22. The number of aryl methyl sites for hydroxylation is 2. The maximum atomic E-state index is 6.25. The van der Waals surface area contributed by atoms with Gasteiger partial charge in [0.15, 0.2) is 0 Å². The molecule has 1 aromatic heterocycles. The van der Waals surface area contributed by atoms with Gasteiger partial charge in [-0.05, 0) is 49.3 Å². The number of aliphatic imine (C=N–C) groups is 1. The Kier molecular flexibility index (Phi) is 5.42. The summed E-state index contributed by atoms with van der Waals surface area (Å²) in [7, 11) is 4.05. The molecule has 5 heteroatoms. The Morgan fingerprint density at radius 1 is 1.36 bits per heavy atom. The molecule has 4 nitrogen and oxygen atoms in total. The van der Waals surface area contributed by atoms with E-state index in [9.17, 15) is 0 Å². The van der Waals surface area contributed by atoms with Gasteiger partial charge in [0.1, 0.15) is 14.0 Å². The van der Waals surface area contributed by atoms with Gasteiger partial charge in [0, 0.05) is 20.0 Å². The van der Waals surface area contributed by atoms with Crippen LogP contribution in [-0.4, -0.2) is 43.8 Å². The lowest BCUT2D eigenvalue weighted by molar-refractivity contribution is 0.179. The second kappa shape index (κ2) is 7.73. The summed E-state index contributed by atoms with van der Waals surface area (Å²) in [6.07, 6.45) is 5.11. The third-order valence-corrected chi connectivity index (χ3v) is 4.80. The van der Waals surface area contributed by atoms with Crippen LogP contribution in [0.4, 0.5) is 5.69 Å². The van der Waals surface area contributed by atoms with E-state index in [-0.39, 0.29) is 6.10 Å². The number of pyridine rings is 1. The first-order valence-electron chi connectivity index (χ1n) is 9.03. The monoisotopic (exact) mass is 335 g/mol. The van der Waals surface area contributed by atoms with Gasteiger partial charge in [-0.15, -0.1) is 0 Å². The van der Waals surface area contributed by atoms with Crippen LogP contribution < -0.4 is 10.2 Å². The summed E-state index contributed by atoms with van der Waals surface area (Å²) in [4.78, 5) is 11.3. The molecule has 0 bridgehead atoms. The SMILES string of the molecule is Bc1cc(/N=C/N(C)CC)c(C)nc1OC1CCc2ccccc2C1. The van der Waals surface area contributed by atoms with Gasteiger partial charge in [-0.3, -0.25) is 0 Å². The summed E-state index contributed by atoms with van der Waals surface area (Å²) in [6.45, 7) is 5.02. The molecule has 0 saturated heterocycles. The van der Waals surface area contributed by atoms with Crippen LogP contribution in [0, 0.1) is 6.92 Å². The van der Waals surface area contributed by atoms with Crippen LogP contribution in [0.1, 0.15) is 30.2 Å². The molecule has 1 unspecified atom stereocenters. The first kappa shape index (κ1) is 17.5. The van der Waals surface area contributed by atoms with Gasteiger partial charge in [0.25, 0.3) is 0 Å². The van der Waals surface area contributed by atoms with Crippen LogP contribution in [0.3, 0.4) is 0 Å². The van der Waals surface area contributed by atoms with Crippen molar-refractivity contribution in [1.29, 1.82) is 0 Å². The molecule has 0 spiro atoms. The predicted molar refractivity (Wildman–Crippen MR) is 106 cm³/mol. The standard InChI is InChI=1S/C20H26BN3O/c1-4-24(3)13-22-19-12-18(21)20(23-14(19)2)25-17-10-9-15-7-5-6-8-16(15)11-17/h5-8,12-13,17H,4,9-11,21H2,1-3H3/b22-13+. The van der Waals surface area contributed by atoms with E-state index in [0.29, 0.717) is 0 Å². The summed E-state index contributed by atoms with van der Waals surface area (Å²) >= 11 is 0. The number of fused-ring (bicyclic) bond motifs is 1. The average molecular weight is 335 g/mol. The van der Waals surface area contributed by atoms with Crippen molar-refractivity contribution in [2.24, 2.45) is 4.99 Å². The predicted octanol–water partition coefficient (Wildman–Crippen LogP) is 2.20. The Bertz CT molecular complexity index is 776. The highest BCUT2D eigenvalue weighted by Gasteiger charge is 2.21. The third-order valence-electron chi connectivity index (χ3n) is 4.80. The first-order valence-corrected chi connectivity index (χ1v) is 9.03. The van der Waals surface area contributed by atoms with Crippen molar-refractivity contribution in [2.75, 3.05) is 13.6 Å². The number of ether oxygens (including phenoxy) is 1. The van der Waals surface area contributed by atoms with Crippen LogP contribution in [0.25, 0.3) is 0 Å². The van der Waals surface area contributed by atoms with E-state index in [1.54, 1.807) is 0 Å². The fraction of sp³-hybridized carbons (Fsp3) is 0.400. The number of nitrogens with zero attached hydrogens (tertiary/aromatic N) is 3. The molecule has 1 aliphatic carbocycles. The Hall–Kier alpha value is -2.30. The normalized spacial score (nSPS) is 16.7. The van der Waals surface area contributed by atoms with E-state index >= 15 is 0 Å². The summed E-state index contributed by atoms with van der Waals surface area (Å²) in [6, 6.07) is 10.7. The van der Waals surface area contributed by atoms with Gasteiger partial charge in [-0.2, -0.15) is 0 Å². The van der Waals surface area contributed by atoms with Crippen LogP contribution in [0.15, 0.2) is 35.3 Å². The van der Waals surface area contributed by atoms with Crippen molar-refractivity contribution in [3.63, 3.8) is 0 Å². The van der Waals surface area contributed by atoms with Crippen molar-refractivity contribution in [1.82, 2.24) is 9.88 Å². The summed E-state index contributed by atoms with van der Waals surface area (Å²) < 4.78 is 6.25. The molecule has 1 atom stereocenters. The molecule has 1 aromatic carbocycles. The summed E-state index contributed by atoms with van der Waals surface area (Å²) in [5.74, 6) is 0.740. The number of rotatable bonds is 5. The molecule has 1 aliphatic rings. The molecule has 3 rings (SSSR count). The summed E-state index contributed by atoms with van der Waals surface area (Å²) in [5.41, 5.74) is 5.69. The molecule has 0 radical (unpaired) electrons. The first-order chi connectivity index (χ1) is 12.1. The van der Waals surface area contributed by atoms with Gasteiger partial charge < -0.3 is 9.64 Å². The minimum Gasteiger partial charge on any atom is -0.474 e. The Morgan fingerprint density at radius 3 is 2.88 bits per heavy atom. The lowest BCUT2D eigenvalue weighted by atomic mass is 9.89. The maximum absolute atomic E-state index is 6.25. The molecular weight excluding hydrogens is 309 g/mol. The fourth-order valence-electron chi connectivity index (χ4n) is 3.08. The lowest BCUT2D eigenvalue weighted by Crippen LogP contribution is -2.28. The van der Waals surface area contributed by atoms with Crippen LogP contribution in [0.2, 0.25) is 0 Å². The molecule has 25 heavy (non-hydrogen) atoms. The number of aromatic nitrogens is 1. The topological polar surface area (TPSA) is 37.7 Å². The fourth-order valence-corrected chi connectivity index (χ4v) is 3.08. The zero-order valence-electron chi connectivity index (χ0n) is 15.6. The van der Waals surface area contributed by atoms with E-state index < -0.39 is 0 Å². The highest BCUT2D eigenvalue weighted by molar-refractivity contribution is 6.34. The second-order valence-corrected chi connectivity index (χ2v) is 6.78. The molecular formula is C20H26BN3O. The van der Waals surface area contributed by atoms with Gasteiger partial charge in [0.05, 0.1) is 17.7 Å². The highest BCUT2D eigenvalue weighted by atomic mass is 16.5.